The molecule has 1 aromatic rings. The summed E-state index contributed by atoms with van der Waals surface area (Å²) >= 11 is 0. The quantitative estimate of drug-likeness (QED) is 0.336. The van der Waals surface area contributed by atoms with E-state index >= 15 is 0 Å². The largest absolute Gasteiger partial charge is 0.409 e. The van der Waals surface area contributed by atoms with Gasteiger partial charge in [-0.15, -0.1) is 0 Å². The lowest BCUT2D eigenvalue weighted by molar-refractivity contribution is -0.121. The van der Waals surface area contributed by atoms with E-state index in [9.17, 15) is 4.79 Å². The summed E-state index contributed by atoms with van der Waals surface area (Å²) in [5.41, 5.74) is 6.71. The van der Waals surface area contributed by atoms with E-state index in [2.05, 4.69) is 10.5 Å². The Hall–Kier alpha value is -2.08. The topological polar surface area (TPSA) is 96.9 Å². The van der Waals surface area contributed by atoms with E-state index in [1.165, 1.54) is 0 Å². The molecule has 1 saturated heterocycles. The number of nitrogens with two attached hydrogens (primary N) is 1. The van der Waals surface area contributed by atoms with E-state index in [0.717, 1.165) is 12.8 Å². The van der Waals surface area contributed by atoms with E-state index in [1.54, 1.807) is 24.3 Å². The molecule has 4 N–H and O–H groups in total. The number of hydrogen-bond acceptors (Lipinski definition) is 4. The molecule has 108 valence electrons. The average molecular weight is 277 g/mol. The Bertz CT molecular complexity index is 516. The second-order valence-electron chi connectivity index (χ2n) is 4.77. The van der Waals surface area contributed by atoms with E-state index < -0.39 is 0 Å². The van der Waals surface area contributed by atoms with E-state index in [4.69, 9.17) is 15.7 Å². The molecule has 1 aliphatic heterocycles. The molecule has 1 aliphatic rings. The average Bonchev–Trinajstić information content (AvgIpc) is 2.95. The monoisotopic (exact) mass is 277 g/mol. The molecule has 1 heterocycles. The zero-order chi connectivity index (χ0) is 14.5. The van der Waals surface area contributed by atoms with Crippen molar-refractivity contribution in [2.45, 2.75) is 25.9 Å². The van der Waals surface area contributed by atoms with E-state index in [-0.39, 0.29) is 23.8 Å². The minimum Gasteiger partial charge on any atom is -0.409 e. The molecule has 0 aliphatic carbocycles. The number of amidine groups is 1. The summed E-state index contributed by atoms with van der Waals surface area (Å²) in [6, 6.07) is 6.89. The van der Waals surface area contributed by atoms with Crippen LogP contribution in [0.5, 0.6) is 0 Å². The number of hydrogen-bond donors (Lipinski definition) is 3. The molecule has 20 heavy (non-hydrogen) atoms. The molecule has 0 spiro atoms. The first-order valence-electron chi connectivity index (χ1n) is 6.66. The highest BCUT2D eigenvalue weighted by Crippen LogP contribution is 2.25. The number of oxime groups is 1. The molecule has 2 rings (SSSR count). The van der Waals surface area contributed by atoms with Crippen molar-refractivity contribution in [2.75, 3.05) is 11.9 Å². The molecule has 2 atom stereocenters. The third kappa shape index (κ3) is 3.08. The van der Waals surface area contributed by atoms with Gasteiger partial charge in [-0.1, -0.05) is 24.2 Å². The molecular weight excluding hydrogens is 258 g/mol. The number of anilines is 1. The standard InChI is InChI=1S/C14H19N3O3/c1-2-12-11(6-7-20-12)14(18)16-10-5-3-4-9(8-10)13(15)17-19/h3-5,8,11-12,19H,2,6-7H2,1H3,(H2,15,17)(H,16,18). The molecule has 2 unspecified atom stereocenters. The Morgan fingerprint density at radius 3 is 3.10 bits per heavy atom. The van der Waals surface area contributed by atoms with Gasteiger partial charge in [-0.3, -0.25) is 4.79 Å². The number of amides is 1. The molecule has 6 heteroatoms. The molecular formula is C14H19N3O3. The predicted molar refractivity (Wildman–Crippen MR) is 75.7 cm³/mol. The van der Waals surface area contributed by atoms with Gasteiger partial charge in [0.25, 0.3) is 0 Å². The normalized spacial score (nSPS) is 22.8. The van der Waals surface area contributed by atoms with Gasteiger partial charge in [-0.25, -0.2) is 0 Å². The number of carbonyl (C=O) groups excluding carboxylic acids is 1. The second-order valence-corrected chi connectivity index (χ2v) is 4.77. The Labute approximate surface area is 117 Å². The highest BCUT2D eigenvalue weighted by molar-refractivity contribution is 5.99. The van der Waals surface area contributed by atoms with Crippen LogP contribution in [-0.2, 0) is 9.53 Å². The van der Waals surface area contributed by atoms with E-state index in [1.807, 2.05) is 6.92 Å². The van der Waals surface area contributed by atoms with Crippen LogP contribution in [0.3, 0.4) is 0 Å². The van der Waals surface area contributed by atoms with Crippen LogP contribution in [0.2, 0.25) is 0 Å². The van der Waals surface area contributed by atoms with Crippen LogP contribution >= 0.6 is 0 Å². The second kappa shape index (κ2) is 6.38. The molecule has 0 saturated carbocycles. The highest BCUT2D eigenvalue weighted by atomic mass is 16.5. The van der Waals surface area contributed by atoms with Gasteiger partial charge in [0, 0.05) is 17.9 Å². The maximum absolute atomic E-state index is 12.2. The zero-order valence-electron chi connectivity index (χ0n) is 11.4. The van der Waals surface area contributed by atoms with E-state index in [0.29, 0.717) is 17.9 Å². The minimum atomic E-state index is -0.118. The molecule has 0 bridgehead atoms. The van der Waals surface area contributed by atoms with Crippen LogP contribution in [0.1, 0.15) is 25.3 Å². The Balaban J connectivity index is 2.08. The van der Waals surface area contributed by atoms with Crippen molar-refractivity contribution in [3.8, 4) is 0 Å². The van der Waals surface area contributed by atoms with Crippen LogP contribution in [0, 0.1) is 5.92 Å². The third-order valence-corrected chi connectivity index (χ3v) is 3.48. The zero-order valence-corrected chi connectivity index (χ0v) is 11.4. The molecule has 1 fully saturated rings. The minimum absolute atomic E-state index is 0.0109. The summed E-state index contributed by atoms with van der Waals surface area (Å²) < 4.78 is 5.52. The fraction of sp³-hybridized carbons (Fsp3) is 0.429. The lowest BCUT2D eigenvalue weighted by Crippen LogP contribution is -2.29. The molecule has 0 radical (unpaired) electrons. The maximum atomic E-state index is 12.2. The van der Waals surface area contributed by atoms with Gasteiger partial charge in [0.05, 0.1) is 12.0 Å². The predicted octanol–water partition coefficient (Wildman–Crippen LogP) is 1.53. The number of carbonyl (C=O) groups is 1. The fourth-order valence-corrected chi connectivity index (χ4v) is 2.40. The van der Waals surface area contributed by atoms with Gasteiger partial charge >= 0.3 is 0 Å². The van der Waals surface area contributed by atoms with Crippen molar-refractivity contribution in [3.05, 3.63) is 29.8 Å². The van der Waals surface area contributed by atoms with Crippen molar-refractivity contribution in [3.63, 3.8) is 0 Å². The van der Waals surface area contributed by atoms with Gasteiger partial charge in [0.2, 0.25) is 5.91 Å². The van der Waals surface area contributed by atoms with Crippen molar-refractivity contribution in [1.29, 1.82) is 0 Å². The summed E-state index contributed by atoms with van der Waals surface area (Å²) in [5.74, 6) is -0.157. The summed E-state index contributed by atoms with van der Waals surface area (Å²) in [4.78, 5) is 12.2. The number of rotatable bonds is 4. The lowest BCUT2D eigenvalue weighted by Gasteiger charge is -2.16. The Morgan fingerprint density at radius 1 is 1.60 bits per heavy atom. The Morgan fingerprint density at radius 2 is 2.40 bits per heavy atom. The smallest absolute Gasteiger partial charge is 0.230 e. The van der Waals surface area contributed by atoms with Crippen molar-refractivity contribution < 1.29 is 14.7 Å². The first kappa shape index (κ1) is 14.3. The number of nitrogens with one attached hydrogen (secondary N) is 1. The van der Waals surface area contributed by atoms with Crippen LogP contribution in [0.4, 0.5) is 5.69 Å². The van der Waals surface area contributed by atoms with Gasteiger partial charge in [0.15, 0.2) is 5.84 Å². The van der Waals surface area contributed by atoms with Crippen LogP contribution < -0.4 is 11.1 Å². The third-order valence-electron chi connectivity index (χ3n) is 3.48. The molecule has 6 nitrogen and oxygen atoms in total. The maximum Gasteiger partial charge on any atom is 0.230 e. The number of ether oxygens (including phenoxy) is 1. The van der Waals surface area contributed by atoms with Gasteiger partial charge in [-0.05, 0) is 25.0 Å². The fourth-order valence-electron chi connectivity index (χ4n) is 2.40. The first-order valence-corrected chi connectivity index (χ1v) is 6.66. The SMILES string of the molecule is CCC1OCCC1C(=O)Nc1cccc(/C(N)=N/O)c1. The van der Waals surface area contributed by atoms with Gasteiger partial charge in [0.1, 0.15) is 0 Å². The summed E-state index contributed by atoms with van der Waals surface area (Å²) in [5, 5.41) is 14.5. The van der Waals surface area contributed by atoms with Crippen LogP contribution in [0.15, 0.2) is 29.4 Å². The molecule has 1 amide bonds. The first-order chi connectivity index (χ1) is 9.65. The van der Waals surface area contributed by atoms with Crippen molar-refractivity contribution >= 4 is 17.4 Å². The number of nitrogens with zero attached hydrogens (tertiary/aromatic N) is 1. The summed E-state index contributed by atoms with van der Waals surface area (Å²) in [6.07, 6.45) is 1.55. The van der Waals surface area contributed by atoms with Crippen molar-refractivity contribution in [1.82, 2.24) is 0 Å². The summed E-state index contributed by atoms with van der Waals surface area (Å²) in [6.45, 7) is 2.63. The van der Waals surface area contributed by atoms with Crippen LogP contribution in [0.25, 0.3) is 0 Å². The number of benzene rings is 1. The Kier molecular flexibility index (Phi) is 4.57. The molecule has 1 aromatic carbocycles. The van der Waals surface area contributed by atoms with Gasteiger partial charge < -0.3 is 21.0 Å². The summed E-state index contributed by atoms with van der Waals surface area (Å²) in [7, 11) is 0. The van der Waals surface area contributed by atoms with Crippen LogP contribution in [-0.4, -0.2) is 29.7 Å². The van der Waals surface area contributed by atoms with Gasteiger partial charge in [-0.2, -0.15) is 0 Å². The lowest BCUT2D eigenvalue weighted by atomic mass is 9.98. The van der Waals surface area contributed by atoms with Crippen molar-refractivity contribution in [2.24, 2.45) is 16.8 Å². The highest BCUT2D eigenvalue weighted by Gasteiger charge is 2.32. The molecule has 0 aromatic heterocycles.